The van der Waals surface area contributed by atoms with Gasteiger partial charge in [-0.25, -0.2) is 4.79 Å². The Hall–Kier alpha value is -4.09. The molecule has 184 valence electrons. The van der Waals surface area contributed by atoms with E-state index in [0.717, 1.165) is 4.57 Å². The second-order valence-corrected chi connectivity index (χ2v) is 8.78. The van der Waals surface area contributed by atoms with Crippen molar-refractivity contribution in [2.45, 2.75) is 18.4 Å². The van der Waals surface area contributed by atoms with Crippen LogP contribution in [0.2, 0.25) is 0 Å². The van der Waals surface area contributed by atoms with Crippen LogP contribution in [0.25, 0.3) is 0 Å². The van der Waals surface area contributed by atoms with Gasteiger partial charge in [0.2, 0.25) is 17.9 Å². The van der Waals surface area contributed by atoms with Crippen molar-refractivity contribution in [2.24, 2.45) is 14.1 Å². The summed E-state index contributed by atoms with van der Waals surface area (Å²) in [6, 6.07) is 7.15. The maximum Gasteiger partial charge on any atom is 0.332 e. The number of benzene rings is 1. The van der Waals surface area contributed by atoms with Gasteiger partial charge in [-0.3, -0.25) is 28.3 Å². The summed E-state index contributed by atoms with van der Waals surface area (Å²) in [5.74, 6) is -0.727. The molecule has 3 aliphatic rings. The molecule has 0 aliphatic carbocycles. The Kier molecular flexibility index (Phi) is 5.58. The smallest absolute Gasteiger partial charge is 0.332 e. The fraction of sp³-hybridized carbons (Fsp3) is 0.435. The number of carbonyl (C=O) groups excluding carboxylic acids is 3. The number of aromatic nitrogens is 2. The molecular weight excluding hydrogens is 458 g/mol. The van der Waals surface area contributed by atoms with Gasteiger partial charge in [0.05, 0.1) is 11.5 Å². The number of anilines is 1. The first kappa shape index (κ1) is 22.7. The van der Waals surface area contributed by atoms with Crippen LogP contribution < -0.4 is 26.0 Å². The third kappa shape index (κ3) is 3.84. The van der Waals surface area contributed by atoms with Gasteiger partial charge in [0.1, 0.15) is 12.4 Å². The van der Waals surface area contributed by atoms with Crippen molar-refractivity contribution in [3.63, 3.8) is 0 Å². The van der Waals surface area contributed by atoms with Crippen LogP contribution >= 0.6 is 0 Å². The molecule has 1 fully saturated rings. The Morgan fingerprint density at radius 2 is 1.63 bits per heavy atom. The van der Waals surface area contributed by atoms with Crippen molar-refractivity contribution in [2.75, 3.05) is 38.1 Å². The molecule has 0 bridgehead atoms. The lowest BCUT2D eigenvalue weighted by molar-refractivity contribution is -0.146. The highest BCUT2D eigenvalue weighted by atomic mass is 16.6. The maximum absolute atomic E-state index is 13.0. The van der Waals surface area contributed by atoms with Crippen LogP contribution in [0.1, 0.15) is 17.9 Å². The first-order chi connectivity index (χ1) is 16.8. The Balaban J connectivity index is 1.22. The van der Waals surface area contributed by atoms with Crippen molar-refractivity contribution >= 4 is 23.5 Å². The van der Waals surface area contributed by atoms with Gasteiger partial charge in [-0.1, -0.05) is 12.1 Å². The molecule has 0 spiro atoms. The molecule has 12 heteroatoms. The van der Waals surface area contributed by atoms with Crippen LogP contribution in [0.15, 0.2) is 33.9 Å². The Morgan fingerprint density at radius 3 is 2.34 bits per heavy atom. The molecule has 5 rings (SSSR count). The van der Waals surface area contributed by atoms with E-state index in [2.05, 4.69) is 5.32 Å². The molecular formula is C23H25N5O7. The van der Waals surface area contributed by atoms with Crippen molar-refractivity contribution in [3.05, 3.63) is 50.7 Å². The van der Waals surface area contributed by atoms with Crippen molar-refractivity contribution in [1.29, 1.82) is 0 Å². The number of para-hydroxylation sites is 2. The predicted molar refractivity (Wildman–Crippen MR) is 122 cm³/mol. The highest BCUT2D eigenvalue weighted by molar-refractivity contribution is 6.04. The fourth-order valence-corrected chi connectivity index (χ4v) is 4.69. The van der Waals surface area contributed by atoms with E-state index in [1.807, 2.05) is 6.07 Å². The normalized spacial score (nSPS) is 20.9. The minimum absolute atomic E-state index is 0.114. The van der Waals surface area contributed by atoms with Crippen molar-refractivity contribution in [1.82, 2.24) is 18.9 Å². The molecule has 1 N–H and O–H groups in total. The van der Waals surface area contributed by atoms with Gasteiger partial charge in [-0.05, 0) is 12.1 Å². The summed E-state index contributed by atoms with van der Waals surface area (Å²) in [6.45, 7) is 1.33. The molecule has 3 amide bonds. The molecule has 3 aliphatic heterocycles. The summed E-state index contributed by atoms with van der Waals surface area (Å²) >= 11 is 0. The van der Waals surface area contributed by atoms with Crippen LogP contribution in [-0.4, -0.2) is 75.5 Å². The van der Waals surface area contributed by atoms with E-state index in [4.69, 9.17) is 9.47 Å². The minimum Gasteiger partial charge on any atom is -0.485 e. The number of ether oxygens (including phenoxy) is 2. The molecule has 1 aromatic heterocycles. The van der Waals surface area contributed by atoms with Gasteiger partial charge in [0, 0.05) is 46.7 Å². The number of hydrogen-bond donors (Lipinski definition) is 1. The average Bonchev–Trinajstić information content (AvgIpc) is 3.21. The number of hydrogen-bond acceptors (Lipinski definition) is 7. The van der Waals surface area contributed by atoms with E-state index in [-0.39, 0.29) is 36.2 Å². The van der Waals surface area contributed by atoms with Crippen molar-refractivity contribution < 1.29 is 23.9 Å². The van der Waals surface area contributed by atoms with Gasteiger partial charge in [0.15, 0.2) is 11.5 Å². The van der Waals surface area contributed by atoms with Crippen LogP contribution in [0.5, 0.6) is 11.5 Å². The molecule has 1 aromatic carbocycles. The number of rotatable bonds is 3. The summed E-state index contributed by atoms with van der Waals surface area (Å²) in [5.41, 5.74) is -1.03. The Labute approximate surface area is 199 Å². The monoisotopic (exact) mass is 483 g/mol. The fourth-order valence-electron chi connectivity index (χ4n) is 4.69. The maximum atomic E-state index is 13.0. The van der Waals surface area contributed by atoms with E-state index in [1.54, 1.807) is 28.0 Å². The lowest BCUT2D eigenvalue weighted by atomic mass is 9.98. The molecule has 0 radical (unpaired) electrons. The zero-order valence-electron chi connectivity index (χ0n) is 19.4. The van der Waals surface area contributed by atoms with E-state index >= 15 is 0 Å². The average molecular weight is 483 g/mol. The molecule has 2 aromatic rings. The zero-order valence-corrected chi connectivity index (χ0v) is 19.4. The highest BCUT2D eigenvalue weighted by Gasteiger charge is 2.39. The second-order valence-electron chi connectivity index (χ2n) is 8.78. The van der Waals surface area contributed by atoms with E-state index in [0.29, 0.717) is 37.7 Å². The van der Waals surface area contributed by atoms with Gasteiger partial charge in [0.25, 0.3) is 11.5 Å². The third-order valence-corrected chi connectivity index (χ3v) is 6.71. The molecule has 35 heavy (non-hydrogen) atoms. The topological polar surface area (TPSA) is 132 Å². The lowest BCUT2D eigenvalue weighted by Crippen LogP contribution is -2.55. The molecule has 0 unspecified atom stereocenters. The van der Waals surface area contributed by atoms with Gasteiger partial charge >= 0.3 is 5.69 Å². The standard InChI is InChI=1S/C23H25N5O7/c1-25-19-18(22(32)26(2)23(25)33)13(20(30)24-19)11-17(29)27-7-9-28(10-8-27)21(31)16-12-34-14-5-3-4-6-15(14)35-16/h3-6,13,16H,7-12H2,1-2H3,(H,24,30)/t13-,16+/m0/s1. The van der Waals surface area contributed by atoms with E-state index in [9.17, 15) is 24.0 Å². The zero-order chi connectivity index (χ0) is 24.9. The summed E-state index contributed by atoms with van der Waals surface area (Å²) < 4.78 is 13.5. The summed E-state index contributed by atoms with van der Waals surface area (Å²) in [6.07, 6.45) is -0.954. The molecule has 2 atom stereocenters. The summed E-state index contributed by atoms with van der Waals surface area (Å²) in [4.78, 5) is 66.5. The lowest BCUT2D eigenvalue weighted by Gasteiger charge is -2.37. The second kappa shape index (κ2) is 8.60. The summed E-state index contributed by atoms with van der Waals surface area (Å²) in [5, 5.41) is 2.56. The number of carbonyl (C=O) groups is 3. The van der Waals surface area contributed by atoms with Crippen LogP contribution in [0.3, 0.4) is 0 Å². The number of piperazine rings is 1. The number of amides is 3. The largest absolute Gasteiger partial charge is 0.485 e. The summed E-state index contributed by atoms with van der Waals surface area (Å²) in [7, 11) is 2.80. The predicted octanol–water partition coefficient (Wildman–Crippen LogP) is -0.979. The molecule has 0 saturated carbocycles. The Bertz CT molecular complexity index is 1340. The first-order valence-corrected chi connectivity index (χ1v) is 11.3. The first-order valence-electron chi connectivity index (χ1n) is 11.3. The number of nitrogens with zero attached hydrogens (tertiary/aromatic N) is 4. The van der Waals surface area contributed by atoms with Crippen LogP contribution in [0.4, 0.5) is 5.82 Å². The highest BCUT2D eigenvalue weighted by Crippen LogP contribution is 2.32. The third-order valence-electron chi connectivity index (χ3n) is 6.71. The molecule has 4 heterocycles. The Morgan fingerprint density at radius 1 is 0.971 bits per heavy atom. The van der Waals surface area contributed by atoms with E-state index in [1.165, 1.54) is 18.7 Å². The van der Waals surface area contributed by atoms with Crippen LogP contribution in [-0.2, 0) is 28.5 Å². The van der Waals surface area contributed by atoms with Crippen molar-refractivity contribution in [3.8, 4) is 11.5 Å². The van der Waals surface area contributed by atoms with Crippen LogP contribution in [0, 0.1) is 0 Å². The quantitative estimate of drug-likeness (QED) is 0.594. The molecule has 12 nitrogen and oxygen atoms in total. The van der Waals surface area contributed by atoms with Gasteiger partial charge < -0.3 is 24.6 Å². The number of fused-ring (bicyclic) bond motifs is 2. The van der Waals surface area contributed by atoms with Gasteiger partial charge in [-0.15, -0.1) is 0 Å². The minimum atomic E-state index is -0.976. The SMILES string of the molecule is Cn1c2c(c(=O)n(C)c1=O)[C@H](CC(=O)N1CCN(C(=O)[C@H]3COc4ccccc4O3)CC1)C(=O)N2. The number of nitrogens with one attached hydrogen (secondary N) is 1. The van der Waals surface area contributed by atoms with E-state index < -0.39 is 29.2 Å². The van der Waals surface area contributed by atoms with Gasteiger partial charge in [-0.2, -0.15) is 0 Å². The molecule has 1 saturated heterocycles.